The number of fused-ring (bicyclic) bond motifs is 1. The lowest BCUT2D eigenvalue weighted by Gasteiger charge is -2.28. The van der Waals surface area contributed by atoms with Gasteiger partial charge in [0.15, 0.2) is 11.5 Å². The third-order valence-corrected chi connectivity index (χ3v) is 4.25. The summed E-state index contributed by atoms with van der Waals surface area (Å²) < 4.78 is 16.5. The Hall–Kier alpha value is -1.91. The zero-order valence-electron chi connectivity index (χ0n) is 11.5. The third kappa shape index (κ3) is 1.88. The van der Waals surface area contributed by atoms with Gasteiger partial charge in [0, 0.05) is 11.6 Å². The first-order chi connectivity index (χ1) is 9.67. The van der Waals surface area contributed by atoms with Crippen LogP contribution in [0.1, 0.15) is 31.2 Å². The van der Waals surface area contributed by atoms with Gasteiger partial charge in [0.1, 0.15) is 19.0 Å². The molecule has 108 valence electrons. The molecule has 0 bridgehead atoms. The fourth-order valence-corrected chi connectivity index (χ4v) is 3.19. The Morgan fingerprint density at radius 2 is 1.80 bits per heavy atom. The normalized spacial score (nSPS) is 19.6. The second-order valence-corrected chi connectivity index (χ2v) is 5.29. The van der Waals surface area contributed by atoms with Crippen molar-refractivity contribution in [1.82, 2.24) is 0 Å². The highest BCUT2D eigenvalue weighted by atomic mass is 16.6. The van der Waals surface area contributed by atoms with Crippen LogP contribution < -0.4 is 14.2 Å². The van der Waals surface area contributed by atoms with Gasteiger partial charge in [-0.15, -0.1) is 0 Å². The molecule has 0 unspecified atom stereocenters. The van der Waals surface area contributed by atoms with Crippen molar-refractivity contribution in [2.45, 2.75) is 31.1 Å². The van der Waals surface area contributed by atoms with Crippen LogP contribution in [0.3, 0.4) is 0 Å². The molecule has 1 saturated carbocycles. The van der Waals surface area contributed by atoms with E-state index in [0.29, 0.717) is 48.9 Å². The summed E-state index contributed by atoms with van der Waals surface area (Å²) in [5.41, 5.74) is -0.157. The number of rotatable bonds is 3. The summed E-state index contributed by atoms with van der Waals surface area (Å²) in [4.78, 5) is 11.8. The standard InChI is InChI=1S/C15H18O5/c1-18-11-9-13-12(19-6-7-20-13)8-10(11)15(14(16)17)4-2-3-5-15/h8-9H,2-7H2,1H3,(H,16,17). The minimum absolute atomic E-state index is 0.485. The van der Waals surface area contributed by atoms with Gasteiger partial charge >= 0.3 is 5.97 Å². The van der Waals surface area contributed by atoms with Crippen molar-refractivity contribution in [2.24, 2.45) is 0 Å². The average molecular weight is 278 g/mol. The molecule has 0 atom stereocenters. The smallest absolute Gasteiger partial charge is 0.314 e. The molecule has 0 saturated heterocycles. The quantitative estimate of drug-likeness (QED) is 0.919. The van der Waals surface area contributed by atoms with E-state index >= 15 is 0 Å². The van der Waals surface area contributed by atoms with Crippen molar-refractivity contribution >= 4 is 5.97 Å². The summed E-state index contributed by atoms with van der Waals surface area (Å²) >= 11 is 0. The Morgan fingerprint density at radius 1 is 1.20 bits per heavy atom. The van der Waals surface area contributed by atoms with Crippen LogP contribution in [0.25, 0.3) is 0 Å². The number of carbonyl (C=O) groups is 1. The molecule has 1 aliphatic carbocycles. The minimum Gasteiger partial charge on any atom is -0.496 e. The van der Waals surface area contributed by atoms with Crippen LogP contribution in [0.15, 0.2) is 12.1 Å². The summed E-state index contributed by atoms with van der Waals surface area (Å²) in [5.74, 6) is 1.01. The van der Waals surface area contributed by atoms with Gasteiger partial charge in [-0.25, -0.2) is 0 Å². The van der Waals surface area contributed by atoms with E-state index in [1.807, 2.05) is 0 Å². The van der Waals surface area contributed by atoms with Crippen LogP contribution in [0.2, 0.25) is 0 Å². The van der Waals surface area contributed by atoms with Crippen molar-refractivity contribution in [3.05, 3.63) is 17.7 Å². The number of hydrogen-bond donors (Lipinski definition) is 1. The molecule has 1 aliphatic heterocycles. The summed E-state index contributed by atoms with van der Waals surface area (Å²) in [6.45, 7) is 0.985. The number of hydrogen-bond acceptors (Lipinski definition) is 4. The van der Waals surface area contributed by atoms with Crippen molar-refractivity contribution in [3.8, 4) is 17.2 Å². The maximum atomic E-state index is 11.8. The van der Waals surface area contributed by atoms with E-state index in [0.717, 1.165) is 12.8 Å². The van der Waals surface area contributed by atoms with E-state index in [1.165, 1.54) is 0 Å². The minimum atomic E-state index is -0.860. The third-order valence-electron chi connectivity index (χ3n) is 4.25. The molecule has 0 aromatic heterocycles. The lowest BCUT2D eigenvalue weighted by atomic mass is 9.78. The molecule has 1 heterocycles. The van der Waals surface area contributed by atoms with Crippen LogP contribution in [0.4, 0.5) is 0 Å². The second-order valence-electron chi connectivity index (χ2n) is 5.29. The van der Waals surface area contributed by atoms with E-state index in [1.54, 1.807) is 19.2 Å². The topological polar surface area (TPSA) is 65.0 Å². The summed E-state index contributed by atoms with van der Waals surface area (Å²) in [6.07, 6.45) is 3.12. The summed E-state index contributed by atoms with van der Waals surface area (Å²) in [5, 5.41) is 9.71. The first-order valence-corrected chi connectivity index (χ1v) is 6.89. The highest BCUT2D eigenvalue weighted by molar-refractivity contribution is 5.83. The molecule has 1 aromatic rings. The molecule has 0 radical (unpaired) electrons. The predicted octanol–water partition coefficient (Wildman–Crippen LogP) is 2.36. The van der Waals surface area contributed by atoms with Gasteiger partial charge in [-0.1, -0.05) is 12.8 Å². The van der Waals surface area contributed by atoms with Crippen LogP contribution in [0, 0.1) is 0 Å². The van der Waals surface area contributed by atoms with Gasteiger partial charge < -0.3 is 19.3 Å². The van der Waals surface area contributed by atoms with Crippen molar-refractivity contribution in [3.63, 3.8) is 0 Å². The lowest BCUT2D eigenvalue weighted by molar-refractivity contribution is -0.143. The zero-order valence-corrected chi connectivity index (χ0v) is 11.5. The maximum Gasteiger partial charge on any atom is 0.314 e. The first-order valence-electron chi connectivity index (χ1n) is 6.89. The number of aliphatic carboxylic acids is 1. The van der Waals surface area contributed by atoms with E-state index in [-0.39, 0.29) is 0 Å². The zero-order chi connectivity index (χ0) is 14.2. The molecule has 2 aliphatic rings. The molecule has 0 spiro atoms. The fourth-order valence-electron chi connectivity index (χ4n) is 3.19. The highest BCUT2D eigenvalue weighted by Crippen LogP contribution is 2.48. The van der Waals surface area contributed by atoms with Crippen LogP contribution in [-0.4, -0.2) is 31.4 Å². The molecule has 20 heavy (non-hydrogen) atoms. The van der Waals surface area contributed by atoms with Gasteiger partial charge in [-0.3, -0.25) is 4.79 Å². The average Bonchev–Trinajstić information content (AvgIpc) is 2.96. The molecule has 1 N–H and O–H groups in total. The van der Waals surface area contributed by atoms with Gasteiger partial charge in [-0.2, -0.15) is 0 Å². The van der Waals surface area contributed by atoms with Crippen molar-refractivity contribution in [2.75, 3.05) is 20.3 Å². The van der Waals surface area contributed by atoms with E-state index in [2.05, 4.69) is 0 Å². The Morgan fingerprint density at radius 3 is 2.35 bits per heavy atom. The van der Waals surface area contributed by atoms with Crippen LogP contribution >= 0.6 is 0 Å². The molecule has 5 heteroatoms. The molecule has 5 nitrogen and oxygen atoms in total. The van der Waals surface area contributed by atoms with Crippen LogP contribution in [-0.2, 0) is 10.2 Å². The Bertz CT molecular complexity index is 531. The molecule has 3 rings (SSSR count). The Kier molecular flexibility index (Phi) is 3.20. The Labute approximate surface area is 117 Å². The van der Waals surface area contributed by atoms with E-state index in [4.69, 9.17) is 14.2 Å². The van der Waals surface area contributed by atoms with Crippen LogP contribution in [0.5, 0.6) is 17.2 Å². The van der Waals surface area contributed by atoms with Gasteiger partial charge in [0.25, 0.3) is 0 Å². The van der Waals surface area contributed by atoms with Gasteiger partial charge in [0.05, 0.1) is 12.5 Å². The van der Waals surface area contributed by atoms with E-state index in [9.17, 15) is 9.90 Å². The number of carboxylic acids is 1. The highest BCUT2D eigenvalue weighted by Gasteiger charge is 2.45. The second kappa shape index (κ2) is 4.89. The monoisotopic (exact) mass is 278 g/mol. The molecule has 1 fully saturated rings. The summed E-state index contributed by atoms with van der Waals surface area (Å²) in [7, 11) is 1.55. The number of benzene rings is 1. The molecule has 0 amide bonds. The van der Waals surface area contributed by atoms with Crippen molar-refractivity contribution < 1.29 is 24.1 Å². The van der Waals surface area contributed by atoms with Gasteiger partial charge in [0.2, 0.25) is 0 Å². The first kappa shape index (κ1) is 13.1. The summed E-state index contributed by atoms with van der Waals surface area (Å²) in [6, 6.07) is 3.53. The predicted molar refractivity (Wildman–Crippen MR) is 71.8 cm³/mol. The van der Waals surface area contributed by atoms with E-state index < -0.39 is 11.4 Å². The molecular formula is C15H18O5. The van der Waals surface area contributed by atoms with Gasteiger partial charge in [-0.05, 0) is 18.9 Å². The lowest BCUT2D eigenvalue weighted by Crippen LogP contribution is -2.33. The fraction of sp³-hybridized carbons (Fsp3) is 0.533. The Balaban J connectivity index is 2.14. The van der Waals surface area contributed by atoms with Crippen molar-refractivity contribution in [1.29, 1.82) is 0 Å². The maximum absolute atomic E-state index is 11.8. The number of ether oxygens (including phenoxy) is 3. The number of methoxy groups -OCH3 is 1. The SMILES string of the molecule is COc1cc2c(cc1C1(C(=O)O)CCCC1)OCCO2. The largest absolute Gasteiger partial charge is 0.496 e. The number of carboxylic acid groups (broad SMARTS) is 1. The molecule has 1 aromatic carbocycles. The molecular weight excluding hydrogens is 260 g/mol.